The van der Waals surface area contributed by atoms with Crippen LogP contribution in [-0.2, 0) is 22.6 Å². The minimum absolute atomic E-state index is 0.0412. The lowest BCUT2D eigenvalue weighted by Gasteiger charge is -2.36. The standard InChI is InChI=1S/C31H40N2O6Si/c1-7-37-30(35)25-19-33-20-27(22-9-8-10-23(17-22)39-40(5,6)31(2,3)4)38-26-16-21(15-24(28(26)33)29(25)34)18-32-11-13-36-14-12-32/h8-10,15-17,19,27H,7,11-14,18,20H2,1-6H3. The number of hydrogen-bond acceptors (Lipinski definition) is 7. The van der Waals surface area contributed by atoms with Crippen molar-refractivity contribution in [1.82, 2.24) is 9.47 Å². The molecule has 2 aliphatic rings. The first-order valence-corrected chi connectivity index (χ1v) is 17.0. The van der Waals surface area contributed by atoms with Gasteiger partial charge < -0.3 is 23.2 Å². The van der Waals surface area contributed by atoms with Gasteiger partial charge in [-0.2, -0.15) is 0 Å². The van der Waals surface area contributed by atoms with Crippen LogP contribution in [0.1, 0.15) is 55.3 Å². The summed E-state index contributed by atoms with van der Waals surface area (Å²) in [6.45, 7) is 17.2. The summed E-state index contributed by atoms with van der Waals surface area (Å²) >= 11 is 0. The predicted molar refractivity (Wildman–Crippen MR) is 158 cm³/mol. The third-order valence-corrected chi connectivity index (χ3v) is 12.6. The van der Waals surface area contributed by atoms with Gasteiger partial charge in [-0.25, -0.2) is 4.79 Å². The summed E-state index contributed by atoms with van der Waals surface area (Å²) in [6, 6.07) is 12.0. The van der Waals surface area contributed by atoms with Crippen LogP contribution < -0.4 is 14.6 Å². The molecule has 1 atom stereocenters. The van der Waals surface area contributed by atoms with Gasteiger partial charge >= 0.3 is 5.97 Å². The van der Waals surface area contributed by atoms with Crippen LogP contribution in [0.2, 0.25) is 18.1 Å². The molecule has 3 heterocycles. The lowest BCUT2D eigenvalue weighted by Crippen LogP contribution is -2.43. The second-order valence-corrected chi connectivity index (χ2v) is 16.9. The van der Waals surface area contributed by atoms with Crippen molar-refractivity contribution in [2.24, 2.45) is 0 Å². The van der Waals surface area contributed by atoms with Crippen LogP contribution in [0.3, 0.4) is 0 Å². The molecular weight excluding hydrogens is 524 g/mol. The molecule has 0 radical (unpaired) electrons. The number of nitrogens with zero attached hydrogens (tertiary/aromatic N) is 2. The number of aromatic nitrogens is 1. The van der Waals surface area contributed by atoms with Crippen molar-refractivity contribution in [2.75, 3.05) is 32.9 Å². The minimum atomic E-state index is -2.02. The topological polar surface area (TPSA) is 79.2 Å². The zero-order valence-electron chi connectivity index (χ0n) is 24.4. The Morgan fingerprint density at radius 3 is 2.58 bits per heavy atom. The van der Waals surface area contributed by atoms with E-state index in [2.05, 4.69) is 44.8 Å². The molecule has 0 N–H and O–H groups in total. The Morgan fingerprint density at radius 1 is 1.12 bits per heavy atom. The van der Waals surface area contributed by atoms with Gasteiger partial charge in [0.2, 0.25) is 13.7 Å². The molecule has 8 nitrogen and oxygen atoms in total. The highest BCUT2D eigenvalue weighted by molar-refractivity contribution is 6.74. The highest BCUT2D eigenvalue weighted by Crippen LogP contribution is 2.40. The molecular formula is C31H40N2O6Si. The number of pyridine rings is 1. The summed E-state index contributed by atoms with van der Waals surface area (Å²) in [7, 11) is -2.02. The fourth-order valence-corrected chi connectivity index (χ4v) is 6.05. The number of carbonyl (C=O) groups is 1. The van der Waals surface area contributed by atoms with Gasteiger partial charge in [0, 0.05) is 25.8 Å². The fourth-order valence-electron chi connectivity index (χ4n) is 5.02. The Morgan fingerprint density at radius 2 is 1.88 bits per heavy atom. The number of rotatable bonds is 7. The van der Waals surface area contributed by atoms with Gasteiger partial charge in [0.25, 0.3) is 0 Å². The molecule has 1 saturated heterocycles. The zero-order valence-corrected chi connectivity index (χ0v) is 25.4. The highest BCUT2D eigenvalue weighted by Gasteiger charge is 2.39. The molecule has 0 spiro atoms. The second kappa shape index (κ2) is 11.0. The summed E-state index contributed by atoms with van der Waals surface area (Å²) in [4.78, 5) is 28.6. The van der Waals surface area contributed by atoms with Crippen molar-refractivity contribution in [3.05, 3.63) is 69.5 Å². The number of ether oxygens (including phenoxy) is 3. The number of esters is 1. The maximum Gasteiger partial charge on any atom is 0.343 e. The average molecular weight is 565 g/mol. The Labute approximate surface area is 236 Å². The van der Waals surface area contributed by atoms with E-state index >= 15 is 0 Å². The van der Waals surface area contributed by atoms with Crippen LogP contribution in [0.5, 0.6) is 11.5 Å². The normalized spacial score (nSPS) is 17.9. The lowest BCUT2D eigenvalue weighted by atomic mass is 10.0. The number of morpholine rings is 1. The monoisotopic (exact) mass is 564 g/mol. The fraction of sp³-hybridized carbons (Fsp3) is 0.484. The van der Waals surface area contributed by atoms with Gasteiger partial charge in [-0.1, -0.05) is 32.9 Å². The molecule has 1 fully saturated rings. The van der Waals surface area contributed by atoms with Crippen LogP contribution in [0, 0.1) is 0 Å². The van der Waals surface area contributed by atoms with Gasteiger partial charge in [-0.05, 0) is 60.4 Å². The first-order chi connectivity index (χ1) is 19.0. The van der Waals surface area contributed by atoms with Crippen molar-refractivity contribution in [2.45, 2.75) is 65.0 Å². The molecule has 40 heavy (non-hydrogen) atoms. The lowest BCUT2D eigenvalue weighted by molar-refractivity contribution is 0.0341. The van der Waals surface area contributed by atoms with Gasteiger partial charge in [-0.3, -0.25) is 9.69 Å². The first-order valence-electron chi connectivity index (χ1n) is 14.1. The Balaban J connectivity index is 1.55. The Kier molecular flexibility index (Phi) is 7.83. The van der Waals surface area contributed by atoms with Gasteiger partial charge in [-0.15, -0.1) is 0 Å². The third-order valence-electron chi connectivity index (χ3n) is 8.24. The molecule has 1 aromatic heterocycles. The van der Waals surface area contributed by atoms with Crippen LogP contribution in [0.25, 0.3) is 10.9 Å². The molecule has 0 saturated carbocycles. The third kappa shape index (κ3) is 5.68. The molecule has 3 aromatic rings. The Hall–Kier alpha value is -3.14. The van der Waals surface area contributed by atoms with Gasteiger partial charge in [0.1, 0.15) is 23.2 Å². The summed E-state index contributed by atoms with van der Waals surface area (Å²) in [5, 5.41) is 0.547. The number of carbonyl (C=O) groups excluding carboxylic acids is 1. The van der Waals surface area contributed by atoms with E-state index in [4.69, 9.17) is 18.6 Å². The highest BCUT2D eigenvalue weighted by atomic mass is 28.4. The minimum Gasteiger partial charge on any atom is -0.543 e. The molecule has 0 aliphatic carbocycles. The summed E-state index contributed by atoms with van der Waals surface area (Å²) in [5.41, 5.74) is 2.35. The molecule has 214 valence electrons. The van der Waals surface area contributed by atoms with Gasteiger partial charge in [0.15, 0.2) is 0 Å². The maximum atomic E-state index is 13.5. The van der Waals surface area contributed by atoms with Crippen molar-refractivity contribution < 1.29 is 23.4 Å². The zero-order chi connectivity index (χ0) is 28.7. The van der Waals surface area contributed by atoms with E-state index in [0.29, 0.717) is 43.0 Å². The van der Waals surface area contributed by atoms with E-state index in [9.17, 15) is 9.59 Å². The van der Waals surface area contributed by atoms with Crippen LogP contribution in [-0.4, -0.2) is 56.7 Å². The molecule has 0 amide bonds. The van der Waals surface area contributed by atoms with Crippen LogP contribution >= 0.6 is 0 Å². The van der Waals surface area contributed by atoms with E-state index in [1.165, 1.54) is 0 Å². The SMILES string of the molecule is CCOC(=O)c1cn2c3c(cc(CN4CCOCC4)cc3c1=O)OC(c1cccc(O[Si](C)(C)C(C)(C)C)c1)C2. The smallest absolute Gasteiger partial charge is 0.343 e. The number of hydrogen-bond donors (Lipinski definition) is 0. The first kappa shape index (κ1) is 28.4. The van der Waals surface area contributed by atoms with Crippen molar-refractivity contribution >= 4 is 25.2 Å². The van der Waals surface area contributed by atoms with E-state index in [-0.39, 0.29) is 28.7 Å². The van der Waals surface area contributed by atoms with E-state index in [0.717, 1.165) is 30.0 Å². The second-order valence-electron chi connectivity index (χ2n) is 12.2. The van der Waals surface area contributed by atoms with Crippen LogP contribution in [0.4, 0.5) is 0 Å². The van der Waals surface area contributed by atoms with Crippen LogP contribution in [0.15, 0.2) is 47.4 Å². The van der Waals surface area contributed by atoms with Crippen molar-refractivity contribution in [3.8, 4) is 11.5 Å². The molecule has 1 unspecified atom stereocenters. The van der Waals surface area contributed by atoms with Gasteiger partial charge in [0.05, 0.1) is 37.3 Å². The molecule has 0 bridgehead atoms. The predicted octanol–water partition coefficient (Wildman–Crippen LogP) is 5.53. The van der Waals surface area contributed by atoms with Crippen molar-refractivity contribution in [3.63, 3.8) is 0 Å². The largest absolute Gasteiger partial charge is 0.543 e. The number of benzene rings is 2. The Bertz CT molecular complexity index is 1470. The maximum absolute atomic E-state index is 13.5. The molecule has 5 rings (SSSR count). The van der Waals surface area contributed by atoms with E-state index < -0.39 is 14.3 Å². The molecule has 9 heteroatoms. The summed E-state index contributed by atoms with van der Waals surface area (Å²) < 4.78 is 25.9. The van der Waals surface area contributed by atoms with E-state index in [1.54, 1.807) is 13.1 Å². The van der Waals surface area contributed by atoms with E-state index in [1.807, 2.05) is 34.9 Å². The average Bonchev–Trinajstić information content (AvgIpc) is 2.90. The van der Waals surface area contributed by atoms with Crippen molar-refractivity contribution in [1.29, 1.82) is 0 Å². The summed E-state index contributed by atoms with van der Waals surface area (Å²) in [6.07, 6.45) is 1.30. The molecule has 2 aromatic carbocycles. The summed E-state index contributed by atoms with van der Waals surface area (Å²) in [5.74, 6) is 0.864. The quantitative estimate of drug-likeness (QED) is 0.276. The molecule has 2 aliphatic heterocycles.